The van der Waals surface area contributed by atoms with Gasteiger partial charge in [0.15, 0.2) is 5.96 Å². The third kappa shape index (κ3) is 5.57. The van der Waals surface area contributed by atoms with E-state index in [-0.39, 0.29) is 24.0 Å². The summed E-state index contributed by atoms with van der Waals surface area (Å²) < 4.78 is 0. The molecule has 22 heavy (non-hydrogen) atoms. The second-order valence-electron chi connectivity index (χ2n) is 5.01. The zero-order valence-electron chi connectivity index (χ0n) is 13.4. The van der Waals surface area contributed by atoms with E-state index in [1.807, 2.05) is 13.8 Å². The second-order valence-corrected chi connectivity index (χ2v) is 6.30. The highest BCUT2D eigenvalue weighted by molar-refractivity contribution is 14.0. The molecule has 120 valence electrons. The molecule has 1 heterocycles. The summed E-state index contributed by atoms with van der Waals surface area (Å²) in [5, 5.41) is 7.77. The Morgan fingerprint density at radius 2 is 1.91 bits per heavy atom. The molecule has 4 nitrogen and oxygen atoms in total. The fourth-order valence-corrected chi connectivity index (χ4v) is 3.01. The van der Waals surface area contributed by atoms with Crippen LogP contribution in [0.4, 0.5) is 0 Å². The minimum absolute atomic E-state index is 0. The number of halogens is 1. The lowest BCUT2D eigenvalue weighted by atomic mass is 10.1. The average Bonchev–Trinajstić information content (AvgIpc) is 2.77. The van der Waals surface area contributed by atoms with Crippen molar-refractivity contribution in [3.63, 3.8) is 0 Å². The molecule has 0 radical (unpaired) electrons. The molecular formula is C16H23IN4S. The van der Waals surface area contributed by atoms with Crippen LogP contribution >= 0.6 is 35.3 Å². The molecule has 6 heteroatoms. The first kappa shape index (κ1) is 18.9. The largest absolute Gasteiger partial charge is 0.352 e. The zero-order chi connectivity index (χ0) is 15.2. The maximum absolute atomic E-state index is 4.44. The number of thiazole rings is 1. The quantitative estimate of drug-likeness (QED) is 0.443. The van der Waals surface area contributed by atoms with E-state index in [1.165, 1.54) is 16.0 Å². The average molecular weight is 430 g/mol. The Bertz CT molecular complexity index is 637. The molecule has 2 N–H and O–H groups in total. The predicted octanol–water partition coefficient (Wildman–Crippen LogP) is 3.55. The Morgan fingerprint density at radius 3 is 2.50 bits per heavy atom. The maximum atomic E-state index is 4.44. The van der Waals surface area contributed by atoms with Crippen LogP contribution in [0.2, 0.25) is 0 Å². The molecule has 1 aromatic carbocycles. The molecule has 0 amide bonds. The first-order valence-corrected chi connectivity index (χ1v) is 7.83. The van der Waals surface area contributed by atoms with Crippen molar-refractivity contribution in [2.75, 3.05) is 7.05 Å². The summed E-state index contributed by atoms with van der Waals surface area (Å²) in [5.41, 5.74) is 3.62. The van der Waals surface area contributed by atoms with E-state index in [1.54, 1.807) is 18.4 Å². The minimum atomic E-state index is 0. The molecule has 0 aliphatic rings. The van der Waals surface area contributed by atoms with Gasteiger partial charge in [0.05, 0.1) is 17.2 Å². The molecule has 0 unspecified atom stereocenters. The number of aryl methyl sites for hydroxylation is 3. The lowest BCUT2D eigenvalue weighted by Crippen LogP contribution is -2.36. The number of rotatable bonds is 4. The molecule has 0 aliphatic heterocycles. The van der Waals surface area contributed by atoms with Crippen LogP contribution in [0.5, 0.6) is 0 Å². The summed E-state index contributed by atoms with van der Waals surface area (Å²) in [7, 11) is 1.79. The van der Waals surface area contributed by atoms with Gasteiger partial charge < -0.3 is 10.6 Å². The highest BCUT2D eigenvalue weighted by Gasteiger charge is 2.05. The van der Waals surface area contributed by atoms with Gasteiger partial charge in [-0.3, -0.25) is 4.99 Å². The van der Waals surface area contributed by atoms with Crippen LogP contribution in [0.1, 0.15) is 26.7 Å². The molecule has 1 aromatic heterocycles. The van der Waals surface area contributed by atoms with Crippen LogP contribution in [-0.4, -0.2) is 18.0 Å². The molecule has 0 bridgehead atoms. The molecule has 0 saturated heterocycles. The number of aliphatic imine (C=N–C) groups is 1. The topological polar surface area (TPSA) is 49.3 Å². The highest BCUT2D eigenvalue weighted by Crippen LogP contribution is 2.16. The van der Waals surface area contributed by atoms with E-state index >= 15 is 0 Å². The van der Waals surface area contributed by atoms with Crippen molar-refractivity contribution in [3.8, 4) is 0 Å². The standard InChI is InChI=1S/C16H22N4S.HI/c1-11-6-5-7-14(8-11)9-18-16(17-4)19-10-15-12(2)20-13(3)21-15;/h5-8H,9-10H2,1-4H3,(H2,17,18,19);1H. The van der Waals surface area contributed by atoms with Crippen LogP contribution in [0.15, 0.2) is 29.3 Å². The number of nitrogens with zero attached hydrogens (tertiary/aromatic N) is 2. The van der Waals surface area contributed by atoms with Crippen molar-refractivity contribution in [2.45, 2.75) is 33.9 Å². The smallest absolute Gasteiger partial charge is 0.191 e. The van der Waals surface area contributed by atoms with Crippen LogP contribution in [0.25, 0.3) is 0 Å². The number of benzene rings is 1. The molecule has 0 atom stereocenters. The first-order chi connectivity index (χ1) is 10.1. The summed E-state index contributed by atoms with van der Waals surface area (Å²) in [6.07, 6.45) is 0. The van der Waals surface area contributed by atoms with E-state index in [4.69, 9.17) is 0 Å². The fraction of sp³-hybridized carbons (Fsp3) is 0.375. The number of hydrogen-bond donors (Lipinski definition) is 2. The Hall–Kier alpha value is -1.15. The number of nitrogens with one attached hydrogen (secondary N) is 2. The van der Waals surface area contributed by atoms with E-state index in [2.05, 4.69) is 51.8 Å². The van der Waals surface area contributed by atoms with Crippen molar-refractivity contribution in [2.24, 2.45) is 4.99 Å². The normalized spacial score (nSPS) is 11.0. The predicted molar refractivity (Wildman–Crippen MR) is 105 cm³/mol. The first-order valence-electron chi connectivity index (χ1n) is 7.01. The summed E-state index contributed by atoms with van der Waals surface area (Å²) in [6.45, 7) is 7.70. The van der Waals surface area contributed by atoms with E-state index < -0.39 is 0 Å². The van der Waals surface area contributed by atoms with Crippen LogP contribution < -0.4 is 10.6 Å². The monoisotopic (exact) mass is 430 g/mol. The number of hydrogen-bond acceptors (Lipinski definition) is 3. The number of aromatic nitrogens is 1. The molecule has 0 saturated carbocycles. The Balaban J connectivity index is 0.00000242. The van der Waals surface area contributed by atoms with Gasteiger partial charge in [0.25, 0.3) is 0 Å². The second kappa shape index (κ2) is 9.09. The molecule has 2 aromatic rings. The molecule has 2 rings (SSSR count). The fourth-order valence-electron chi connectivity index (χ4n) is 2.13. The van der Waals surface area contributed by atoms with Crippen LogP contribution in [0, 0.1) is 20.8 Å². The zero-order valence-corrected chi connectivity index (χ0v) is 16.6. The van der Waals surface area contributed by atoms with Crippen LogP contribution in [0.3, 0.4) is 0 Å². The molecular weight excluding hydrogens is 407 g/mol. The van der Waals surface area contributed by atoms with Gasteiger partial charge in [-0.1, -0.05) is 29.8 Å². The van der Waals surface area contributed by atoms with Crippen molar-refractivity contribution < 1.29 is 0 Å². The molecule has 0 spiro atoms. The third-order valence-electron chi connectivity index (χ3n) is 3.18. The lowest BCUT2D eigenvalue weighted by Gasteiger charge is -2.11. The summed E-state index contributed by atoms with van der Waals surface area (Å²) >= 11 is 1.73. The van der Waals surface area contributed by atoms with E-state index in [0.29, 0.717) is 0 Å². The lowest BCUT2D eigenvalue weighted by molar-refractivity contribution is 0.811. The SMILES string of the molecule is CN=C(NCc1cccc(C)c1)NCc1sc(C)nc1C.I. The Morgan fingerprint density at radius 1 is 1.18 bits per heavy atom. The van der Waals surface area contributed by atoms with Crippen molar-refractivity contribution >= 4 is 41.3 Å². The summed E-state index contributed by atoms with van der Waals surface area (Å²) in [4.78, 5) is 9.95. The number of guanidine groups is 1. The van der Waals surface area contributed by atoms with E-state index in [9.17, 15) is 0 Å². The molecule has 0 aliphatic carbocycles. The Labute approximate surface area is 153 Å². The highest BCUT2D eigenvalue weighted by atomic mass is 127. The third-order valence-corrected chi connectivity index (χ3v) is 4.25. The van der Waals surface area contributed by atoms with Gasteiger partial charge in [-0.2, -0.15) is 0 Å². The Kier molecular flexibility index (Phi) is 7.81. The minimum Gasteiger partial charge on any atom is -0.352 e. The van der Waals surface area contributed by atoms with Gasteiger partial charge in [0.2, 0.25) is 0 Å². The van der Waals surface area contributed by atoms with E-state index in [0.717, 1.165) is 29.8 Å². The van der Waals surface area contributed by atoms with Crippen molar-refractivity contribution in [1.82, 2.24) is 15.6 Å². The van der Waals surface area contributed by atoms with Gasteiger partial charge in [0.1, 0.15) is 0 Å². The van der Waals surface area contributed by atoms with Crippen molar-refractivity contribution in [1.29, 1.82) is 0 Å². The van der Waals surface area contributed by atoms with Gasteiger partial charge in [0, 0.05) is 18.5 Å². The van der Waals surface area contributed by atoms with Crippen LogP contribution in [-0.2, 0) is 13.1 Å². The summed E-state index contributed by atoms with van der Waals surface area (Å²) in [5.74, 6) is 0.807. The van der Waals surface area contributed by atoms with Crippen molar-refractivity contribution in [3.05, 3.63) is 51.0 Å². The van der Waals surface area contributed by atoms with Gasteiger partial charge in [-0.15, -0.1) is 35.3 Å². The molecule has 0 fully saturated rings. The van der Waals surface area contributed by atoms with Gasteiger partial charge in [-0.25, -0.2) is 4.98 Å². The maximum Gasteiger partial charge on any atom is 0.191 e. The summed E-state index contributed by atoms with van der Waals surface area (Å²) in [6, 6.07) is 8.47. The van der Waals surface area contributed by atoms with Gasteiger partial charge in [-0.05, 0) is 26.3 Å². The van der Waals surface area contributed by atoms with Gasteiger partial charge >= 0.3 is 0 Å².